The van der Waals surface area contributed by atoms with Gasteiger partial charge in [-0.3, -0.25) is 4.79 Å². The van der Waals surface area contributed by atoms with E-state index in [1.54, 1.807) is 18.2 Å². The highest BCUT2D eigenvalue weighted by Crippen LogP contribution is 2.28. The van der Waals surface area contributed by atoms with E-state index in [9.17, 15) is 4.79 Å². The molecule has 148 valence electrons. The summed E-state index contributed by atoms with van der Waals surface area (Å²) in [6.07, 6.45) is 1.97. The maximum Gasteiger partial charge on any atom is 0.240 e. The summed E-state index contributed by atoms with van der Waals surface area (Å²) in [5.74, 6) is 1.13. The zero-order valence-corrected chi connectivity index (χ0v) is 17.4. The van der Waals surface area contributed by atoms with Gasteiger partial charge >= 0.3 is 0 Å². The Bertz CT molecular complexity index is 971. The molecule has 1 amide bonds. The van der Waals surface area contributed by atoms with Gasteiger partial charge in [-0.2, -0.15) is 0 Å². The number of amides is 1. The monoisotopic (exact) mass is 419 g/mol. The molecule has 2 aromatic carbocycles. The molecule has 1 aromatic heterocycles. The molecule has 0 spiro atoms. The average molecular weight is 420 g/mol. The van der Waals surface area contributed by atoms with Crippen molar-refractivity contribution in [2.45, 2.75) is 45.9 Å². The number of hydrogen-bond acceptors (Lipinski definition) is 3. The summed E-state index contributed by atoms with van der Waals surface area (Å²) in [5.41, 5.74) is 1.71. The Labute approximate surface area is 174 Å². The number of fused-ring (bicyclic) bond motifs is 1. The fourth-order valence-corrected chi connectivity index (χ4v) is 3.58. The van der Waals surface area contributed by atoms with Crippen molar-refractivity contribution < 1.29 is 9.53 Å². The fraction of sp³-hybridized carbons (Fsp3) is 0.333. The first-order chi connectivity index (χ1) is 13.5. The van der Waals surface area contributed by atoms with Gasteiger partial charge < -0.3 is 14.6 Å². The van der Waals surface area contributed by atoms with Gasteiger partial charge in [0, 0.05) is 11.1 Å². The summed E-state index contributed by atoms with van der Waals surface area (Å²) in [6.45, 7) is 4.48. The number of nitrogens with one attached hydrogen (secondary N) is 1. The molecule has 5 nitrogen and oxygen atoms in total. The Morgan fingerprint density at radius 2 is 2.04 bits per heavy atom. The van der Waals surface area contributed by atoms with E-state index in [-0.39, 0.29) is 25.1 Å². The quantitative estimate of drug-likeness (QED) is 0.543. The van der Waals surface area contributed by atoms with Crippen LogP contribution in [0.5, 0.6) is 5.75 Å². The summed E-state index contributed by atoms with van der Waals surface area (Å²) in [6, 6.07) is 12.9. The maximum absolute atomic E-state index is 12.5. The molecule has 3 aromatic rings. The van der Waals surface area contributed by atoms with Gasteiger partial charge in [0.05, 0.1) is 16.1 Å². The van der Waals surface area contributed by atoms with Crippen molar-refractivity contribution in [3.05, 3.63) is 58.3 Å². The van der Waals surface area contributed by atoms with E-state index in [0.29, 0.717) is 21.6 Å². The van der Waals surface area contributed by atoms with E-state index in [1.165, 1.54) is 0 Å². The highest BCUT2D eigenvalue weighted by atomic mass is 35.5. The Morgan fingerprint density at radius 1 is 1.25 bits per heavy atom. The largest absolute Gasteiger partial charge is 0.484 e. The topological polar surface area (TPSA) is 56.2 Å². The Balaban J connectivity index is 1.81. The van der Waals surface area contributed by atoms with Crippen molar-refractivity contribution >= 4 is 40.1 Å². The number of imidazole rings is 1. The lowest BCUT2D eigenvalue weighted by Gasteiger charge is -2.15. The molecule has 0 saturated carbocycles. The highest BCUT2D eigenvalue weighted by Gasteiger charge is 2.16. The van der Waals surface area contributed by atoms with Crippen molar-refractivity contribution in [3.63, 3.8) is 0 Å². The second kappa shape index (κ2) is 9.30. The molecule has 1 atom stereocenters. The van der Waals surface area contributed by atoms with Gasteiger partial charge in [-0.15, -0.1) is 0 Å². The van der Waals surface area contributed by atoms with Gasteiger partial charge in [0.15, 0.2) is 0 Å². The molecule has 0 aliphatic carbocycles. The molecule has 0 bridgehead atoms. The minimum Gasteiger partial charge on any atom is -0.484 e. The van der Waals surface area contributed by atoms with E-state index in [2.05, 4.69) is 17.2 Å². The van der Waals surface area contributed by atoms with Crippen LogP contribution in [0.4, 0.5) is 0 Å². The highest BCUT2D eigenvalue weighted by molar-refractivity contribution is 6.35. The normalized spacial score (nSPS) is 12.1. The van der Waals surface area contributed by atoms with Crippen LogP contribution in [-0.4, -0.2) is 21.5 Å². The number of para-hydroxylation sites is 2. The first-order valence-electron chi connectivity index (χ1n) is 9.29. The average Bonchev–Trinajstić information content (AvgIpc) is 2.98. The molecule has 1 N–H and O–H groups in total. The molecule has 3 rings (SSSR count). The van der Waals surface area contributed by atoms with Crippen molar-refractivity contribution in [2.75, 3.05) is 0 Å². The number of nitrogens with zero attached hydrogens (tertiary/aromatic N) is 2. The van der Waals surface area contributed by atoms with Crippen LogP contribution in [0.2, 0.25) is 10.0 Å². The zero-order valence-electron chi connectivity index (χ0n) is 15.9. The van der Waals surface area contributed by atoms with Crippen molar-refractivity contribution in [3.8, 4) is 5.75 Å². The number of aromatic nitrogens is 2. The first kappa shape index (κ1) is 20.5. The summed E-state index contributed by atoms with van der Waals surface area (Å²) in [7, 11) is 0. The molecule has 28 heavy (non-hydrogen) atoms. The smallest absolute Gasteiger partial charge is 0.240 e. The maximum atomic E-state index is 12.5. The van der Waals surface area contributed by atoms with Gasteiger partial charge in [0.2, 0.25) is 5.91 Å². The van der Waals surface area contributed by atoms with Crippen LogP contribution in [0, 0.1) is 0 Å². The molecule has 1 heterocycles. The van der Waals surface area contributed by atoms with E-state index < -0.39 is 0 Å². The van der Waals surface area contributed by atoms with Gasteiger partial charge in [0.1, 0.15) is 24.7 Å². The minimum absolute atomic E-state index is 0.0464. The van der Waals surface area contributed by atoms with E-state index in [4.69, 9.17) is 27.9 Å². The van der Waals surface area contributed by atoms with Crippen LogP contribution in [0.3, 0.4) is 0 Å². The van der Waals surface area contributed by atoms with Crippen LogP contribution in [0.15, 0.2) is 42.5 Å². The third-order valence-electron chi connectivity index (χ3n) is 4.42. The lowest BCUT2D eigenvalue weighted by atomic mass is 10.2. The molecule has 7 heteroatoms. The van der Waals surface area contributed by atoms with Crippen LogP contribution in [0.1, 0.15) is 32.5 Å². The summed E-state index contributed by atoms with van der Waals surface area (Å²) >= 11 is 12.1. The van der Waals surface area contributed by atoms with Gasteiger partial charge in [0.25, 0.3) is 0 Å². The number of halogens is 2. The predicted molar refractivity (Wildman–Crippen MR) is 113 cm³/mol. The zero-order chi connectivity index (χ0) is 20.1. The van der Waals surface area contributed by atoms with Gasteiger partial charge in [-0.1, -0.05) is 48.7 Å². The Morgan fingerprint density at radius 3 is 2.79 bits per heavy atom. The number of rotatable bonds is 8. The summed E-state index contributed by atoms with van der Waals surface area (Å²) in [4.78, 5) is 17.2. The predicted octanol–water partition coefficient (Wildman–Crippen LogP) is 5.23. The second-order valence-electron chi connectivity index (χ2n) is 6.72. The SMILES string of the molecule is CCCC(C)NC(=O)Cn1c(COc2ccc(Cl)cc2Cl)nc2ccccc21. The number of hydrogen-bond donors (Lipinski definition) is 1. The molecule has 0 aliphatic heterocycles. The molecule has 0 radical (unpaired) electrons. The molecular formula is C21H23Cl2N3O2. The lowest BCUT2D eigenvalue weighted by molar-refractivity contribution is -0.122. The van der Waals surface area contributed by atoms with Crippen molar-refractivity contribution in [2.24, 2.45) is 0 Å². The Hall–Kier alpha value is -2.24. The minimum atomic E-state index is -0.0464. The third-order valence-corrected chi connectivity index (χ3v) is 4.95. The number of benzene rings is 2. The lowest BCUT2D eigenvalue weighted by Crippen LogP contribution is -2.35. The standard InChI is InChI=1S/C21H23Cl2N3O2/c1-3-6-14(2)24-21(27)12-26-18-8-5-4-7-17(18)25-20(26)13-28-19-10-9-15(22)11-16(19)23/h4-5,7-11,14H,3,6,12-13H2,1-2H3,(H,24,27). The van der Waals surface area contributed by atoms with Gasteiger partial charge in [-0.05, 0) is 43.7 Å². The van der Waals surface area contributed by atoms with Crippen LogP contribution >= 0.6 is 23.2 Å². The van der Waals surface area contributed by atoms with Crippen molar-refractivity contribution in [1.82, 2.24) is 14.9 Å². The van der Waals surface area contributed by atoms with E-state index in [1.807, 2.05) is 35.8 Å². The molecular weight excluding hydrogens is 397 g/mol. The Kier molecular flexibility index (Phi) is 6.81. The van der Waals surface area contributed by atoms with E-state index in [0.717, 1.165) is 23.9 Å². The molecule has 1 unspecified atom stereocenters. The summed E-state index contributed by atoms with van der Waals surface area (Å²) in [5, 5.41) is 4.01. The van der Waals surface area contributed by atoms with Crippen LogP contribution < -0.4 is 10.1 Å². The third kappa shape index (κ3) is 4.97. The van der Waals surface area contributed by atoms with Crippen molar-refractivity contribution in [1.29, 1.82) is 0 Å². The number of ether oxygens (including phenoxy) is 1. The molecule has 0 aliphatic rings. The number of carbonyl (C=O) groups is 1. The van der Waals surface area contributed by atoms with Crippen LogP contribution in [-0.2, 0) is 17.9 Å². The second-order valence-corrected chi connectivity index (χ2v) is 7.57. The number of carbonyl (C=O) groups excluding carboxylic acids is 1. The van der Waals surface area contributed by atoms with E-state index >= 15 is 0 Å². The van der Waals surface area contributed by atoms with Gasteiger partial charge in [-0.25, -0.2) is 4.98 Å². The van der Waals surface area contributed by atoms with Crippen LogP contribution in [0.25, 0.3) is 11.0 Å². The molecule has 0 saturated heterocycles. The first-order valence-corrected chi connectivity index (χ1v) is 10.0. The summed E-state index contributed by atoms with van der Waals surface area (Å²) < 4.78 is 7.73. The molecule has 0 fully saturated rings. The fourth-order valence-electron chi connectivity index (χ4n) is 3.12.